The topological polar surface area (TPSA) is 102 Å². The summed E-state index contributed by atoms with van der Waals surface area (Å²) in [5.41, 5.74) is 1.86. The monoisotopic (exact) mass is 344 g/mol. The fraction of sp³-hybridized carbons (Fsp3) is 0.412. The van der Waals surface area contributed by atoms with Gasteiger partial charge in [-0.05, 0) is 29.7 Å². The van der Waals surface area contributed by atoms with Crippen LogP contribution in [0.5, 0.6) is 0 Å². The maximum atomic E-state index is 12.9. The molecule has 3 unspecified atom stereocenters. The van der Waals surface area contributed by atoms with Crippen molar-refractivity contribution in [2.75, 3.05) is 14.2 Å². The van der Waals surface area contributed by atoms with Crippen molar-refractivity contribution in [3.8, 4) is 0 Å². The van der Waals surface area contributed by atoms with Gasteiger partial charge in [-0.3, -0.25) is 29.4 Å². The number of carbonyl (C=O) groups is 4. The number of benzene rings is 1. The molecule has 3 aliphatic rings. The van der Waals surface area contributed by atoms with Gasteiger partial charge < -0.3 is 9.47 Å². The van der Waals surface area contributed by atoms with E-state index in [-0.39, 0.29) is 30.1 Å². The molecule has 0 aromatic heterocycles. The van der Waals surface area contributed by atoms with Crippen LogP contribution in [0.15, 0.2) is 12.1 Å². The number of rotatable bonds is 3. The predicted molar refractivity (Wildman–Crippen MR) is 82.6 cm³/mol. The van der Waals surface area contributed by atoms with Crippen LogP contribution in [-0.2, 0) is 19.1 Å². The molecule has 1 N–H and O–H groups in total. The standard InChI is InChI=1S/C17H16N2O6/c1-24-13-7-5-8(14(13)25-2)12-9(6-7)16(22)19(17(12)23)10-3-4-11(20)18-15(10)21/h5-6,10,13-14H,3-4H2,1-2H3,(H,18,20,21). The van der Waals surface area contributed by atoms with Crippen molar-refractivity contribution in [3.05, 3.63) is 34.4 Å². The Hall–Kier alpha value is -2.58. The average Bonchev–Trinajstić information content (AvgIpc) is 3.00. The van der Waals surface area contributed by atoms with Crippen LogP contribution in [0.3, 0.4) is 0 Å². The number of hydrogen-bond acceptors (Lipinski definition) is 6. The van der Waals surface area contributed by atoms with Crippen molar-refractivity contribution in [1.29, 1.82) is 0 Å². The maximum absolute atomic E-state index is 12.9. The zero-order valence-electron chi connectivity index (χ0n) is 13.7. The normalized spacial score (nSPS) is 27.8. The lowest BCUT2D eigenvalue weighted by Crippen LogP contribution is -2.54. The van der Waals surface area contributed by atoms with Gasteiger partial charge in [0.1, 0.15) is 18.2 Å². The van der Waals surface area contributed by atoms with Crippen molar-refractivity contribution in [2.45, 2.75) is 31.1 Å². The van der Waals surface area contributed by atoms with Crippen molar-refractivity contribution in [3.63, 3.8) is 0 Å². The molecule has 2 aliphatic heterocycles. The number of nitrogens with one attached hydrogen (secondary N) is 1. The van der Waals surface area contributed by atoms with Gasteiger partial charge in [0.2, 0.25) is 11.8 Å². The zero-order chi connectivity index (χ0) is 17.9. The highest BCUT2D eigenvalue weighted by Gasteiger charge is 2.49. The van der Waals surface area contributed by atoms with Crippen molar-refractivity contribution < 1.29 is 28.7 Å². The third-order valence-corrected chi connectivity index (χ3v) is 5.01. The molecule has 3 atom stereocenters. The summed E-state index contributed by atoms with van der Waals surface area (Å²) in [4.78, 5) is 50.1. The summed E-state index contributed by atoms with van der Waals surface area (Å²) in [7, 11) is 3.05. The van der Waals surface area contributed by atoms with Gasteiger partial charge in [0.25, 0.3) is 11.8 Å². The first-order chi connectivity index (χ1) is 12.0. The average molecular weight is 344 g/mol. The summed E-state index contributed by atoms with van der Waals surface area (Å²) in [6, 6.07) is 2.44. The number of fused-ring (bicyclic) bond motifs is 4. The summed E-state index contributed by atoms with van der Waals surface area (Å²) in [5, 5.41) is 2.18. The van der Waals surface area contributed by atoms with E-state index in [0.29, 0.717) is 5.56 Å². The Labute approximate surface area is 143 Å². The Morgan fingerprint density at radius 1 is 1.04 bits per heavy atom. The van der Waals surface area contributed by atoms with E-state index < -0.39 is 35.8 Å². The predicted octanol–water partition coefficient (Wildman–Crippen LogP) is 0.476. The van der Waals surface area contributed by atoms with E-state index in [1.807, 2.05) is 0 Å². The number of piperidine rings is 1. The van der Waals surface area contributed by atoms with Crippen LogP contribution >= 0.6 is 0 Å². The van der Waals surface area contributed by atoms with Crippen LogP contribution in [0, 0.1) is 0 Å². The summed E-state index contributed by atoms with van der Waals surface area (Å²) in [6.45, 7) is 0. The molecule has 2 bridgehead atoms. The van der Waals surface area contributed by atoms with Crippen molar-refractivity contribution in [2.24, 2.45) is 0 Å². The van der Waals surface area contributed by atoms with Crippen LogP contribution < -0.4 is 5.32 Å². The molecule has 4 amide bonds. The number of amides is 4. The van der Waals surface area contributed by atoms with Gasteiger partial charge in [0.15, 0.2) is 0 Å². The summed E-state index contributed by atoms with van der Waals surface area (Å²) < 4.78 is 10.9. The van der Waals surface area contributed by atoms with Crippen LogP contribution in [0.4, 0.5) is 0 Å². The van der Waals surface area contributed by atoms with E-state index in [1.165, 1.54) is 14.2 Å². The number of nitrogens with zero attached hydrogens (tertiary/aromatic N) is 1. The molecule has 8 heteroatoms. The smallest absolute Gasteiger partial charge is 0.262 e. The lowest BCUT2D eigenvalue weighted by Gasteiger charge is -2.28. The molecule has 25 heavy (non-hydrogen) atoms. The van der Waals surface area contributed by atoms with E-state index in [1.54, 1.807) is 12.1 Å². The number of ether oxygens (including phenoxy) is 2. The van der Waals surface area contributed by atoms with Crippen LogP contribution in [0.2, 0.25) is 0 Å². The lowest BCUT2D eigenvalue weighted by atomic mass is 10.0. The van der Waals surface area contributed by atoms with E-state index in [4.69, 9.17) is 9.47 Å². The molecule has 1 saturated heterocycles. The largest absolute Gasteiger partial charge is 0.374 e. The molecule has 8 nitrogen and oxygen atoms in total. The summed E-state index contributed by atoms with van der Waals surface area (Å²) >= 11 is 0. The van der Waals surface area contributed by atoms with Crippen molar-refractivity contribution in [1.82, 2.24) is 10.2 Å². The molecule has 0 spiro atoms. The van der Waals surface area contributed by atoms with Gasteiger partial charge in [-0.1, -0.05) is 0 Å². The number of carbonyl (C=O) groups excluding carboxylic acids is 4. The van der Waals surface area contributed by atoms with Gasteiger partial charge in [0.05, 0.1) is 11.1 Å². The Kier molecular flexibility index (Phi) is 3.48. The molecule has 0 saturated carbocycles. The van der Waals surface area contributed by atoms with E-state index in [0.717, 1.165) is 10.5 Å². The first-order valence-corrected chi connectivity index (χ1v) is 7.93. The van der Waals surface area contributed by atoms with Gasteiger partial charge in [-0.25, -0.2) is 0 Å². The van der Waals surface area contributed by atoms with Crippen LogP contribution in [-0.4, -0.2) is 48.8 Å². The highest BCUT2D eigenvalue weighted by atomic mass is 16.5. The third kappa shape index (κ3) is 2.07. The van der Waals surface area contributed by atoms with Crippen LogP contribution in [0.25, 0.3) is 0 Å². The number of methoxy groups -OCH3 is 2. The third-order valence-electron chi connectivity index (χ3n) is 5.01. The Balaban J connectivity index is 1.76. The molecule has 130 valence electrons. The SMILES string of the molecule is COC1c2cc3c(c(c2)C1OC)C(=O)N(C1CCC(=O)NC1=O)C3=O. The molecule has 4 rings (SSSR count). The zero-order valence-corrected chi connectivity index (χ0v) is 13.7. The van der Waals surface area contributed by atoms with Gasteiger partial charge in [-0.15, -0.1) is 0 Å². The highest BCUT2D eigenvalue weighted by Crippen LogP contribution is 2.46. The first-order valence-electron chi connectivity index (χ1n) is 7.93. The molecular formula is C17H16N2O6. The quantitative estimate of drug-likeness (QED) is 0.800. The molecule has 1 aromatic carbocycles. The number of imide groups is 2. The minimum atomic E-state index is -0.972. The second kappa shape index (κ2) is 5.47. The first kappa shape index (κ1) is 15.9. The summed E-state index contributed by atoms with van der Waals surface area (Å²) in [6.07, 6.45) is -0.640. The Morgan fingerprint density at radius 3 is 2.40 bits per heavy atom. The summed E-state index contributed by atoms with van der Waals surface area (Å²) in [5.74, 6) is -2.08. The minimum Gasteiger partial charge on any atom is -0.374 e. The Bertz CT molecular complexity index is 833. The van der Waals surface area contributed by atoms with E-state index in [2.05, 4.69) is 5.32 Å². The highest BCUT2D eigenvalue weighted by molar-refractivity contribution is 6.24. The van der Waals surface area contributed by atoms with Crippen LogP contribution in [0.1, 0.15) is 56.9 Å². The Morgan fingerprint density at radius 2 is 1.76 bits per heavy atom. The van der Waals surface area contributed by atoms with Gasteiger partial charge >= 0.3 is 0 Å². The fourth-order valence-electron chi connectivity index (χ4n) is 3.89. The lowest BCUT2D eigenvalue weighted by molar-refractivity contribution is -0.136. The molecule has 1 aromatic rings. The molecule has 0 radical (unpaired) electrons. The van der Waals surface area contributed by atoms with Crippen molar-refractivity contribution >= 4 is 23.6 Å². The van der Waals surface area contributed by atoms with E-state index >= 15 is 0 Å². The second-order valence-electron chi connectivity index (χ2n) is 6.29. The second-order valence-corrected chi connectivity index (χ2v) is 6.29. The maximum Gasteiger partial charge on any atom is 0.262 e. The van der Waals surface area contributed by atoms with Gasteiger partial charge in [-0.2, -0.15) is 0 Å². The molecule has 2 heterocycles. The molecular weight excluding hydrogens is 328 g/mol. The van der Waals surface area contributed by atoms with Gasteiger partial charge in [0, 0.05) is 20.6 Å². The minimum absolute atomic E-state index is 0.0916. The van der Waals surface area contributed by atoms with E-state index in [9.17, 15) is 19.2 Å². The fourth-order valence-corrected chi connectivity index (χ4v) is 3.89. The molecule has 1 aliphatic carbocycles. The number of hydrogen-bond donors (Lipinski definition) is 1. The molecule has 1 fully saturated rings.